The molecule has 2 unspecified atom stereocenters. The molecule has 7 heteroatoms. The van der Waals surface area contributed by atoms with Crippen molar-refractivity contribution in [2.75, 3.05) is 52.5 Å². The number of rotatable bonds is 9. The van der Waals surface area contributed by atoms with Crippen LogP contribution in [0.3, 0.4) is 0 Å². The van der Waals surface area contributed by atoms with Crippen molar-refractivity contribution in [3.8, 4) is 0 Å². The van der Waals surface area contributed by atoms with E-state index in [2.05, 4.69) is 79.7 Å². The number of aryl methyl sites for hydroxylation is 2. The molecule has 1 aromatic heterocycles. The molecule has 2 aromatic carbocycles. The molecule has 2 aliphatic rings. The highest BCUT2D eigenvalue weighted by atomic mass is 16.5. The first-order chi connectivity index (χ1) is 19.9. The summed E-state index contributed by atoms with van der Waals surface area (Å²) >= 11 is 0. The minimum absolute atomic E-state index is 0.0862. The van der Waals surface area contributed by atoms with Crippen LogP contribution in [0.5, 0.6) is 0 Å². The van der Waals surface area contributed by atoms with Gasteiger partial charge in [0, 0.05) is 58.4 Å². The first kappa shape index (κ1) is 29.9. The fourth-order valence-electron chi connectivity index (χ4n) is 6.73. The molecule has 222 valence electrons. The van der Waals surface area contributed by atoms with Crippen LogP contribution in [-0.4, -0.2) is 82.8 Å². The van der Waals surface area contributed by atoms with E-state index in [-0.39, 0.29) is 11.6 Å². The van der Waals surface area contributed by atoms with E-state index in [9.17, 15) is 4.79 Å². The molecule has 2 atom stereocenters. The van der Waals surface area contributed by atoms with Gasteiger partial charge in [-0.25, -0.2) is 4.98 Å². The van der Waals surface area contributed by atoms with Crippen LogP contribution in [0.15, 0.2) is 47.3 Å². The number of nitrogens with zero attached hydrogens (tertiary/aromatic N) is 5. The average Bonchev–Trinajstić information content (AvgIpc) is 3.18. The topological polar surface area (TPSA) is 53.8 Å². The summed E-state index contributed by atoms with van der Waals surface area (Å²) in [7, 11) is 0. The summed E-state index contributed by atoms with van der Waals surface area (Å²) in [6, 6.07) is 15.5. The highest BCUT2D eigenvalue weighted by Crippen LogP contribution is 2.32. The summed E-state index contributed by atoms with van der Waals surface area (Å²) < 4.78 is 7.58. The van der Waals surface area contributed by atoms with Gasteiger partial charge in [0.2, 0.25) is 0 Å². The molecule has 3 aromatic rings. The Morgan fingerprint density at radius 2 is 1.68 bits per heavy atom. The maximum Gasteiger partial charge on any atom is 0.261 e. The van der Waals surface area contributed by atoms with E-state index in [1.54, 1.807) is 0 Å². The van der Waals surface area contributed by atoms with Crippen molar-refractivity contribution < 1.29 is 4.74 Å². The molecular formula is C34H49N5O2. The number of benzene rings is 2. The van der Waals surface area contributed by atoms with Crippen molar-refractivity contribution in [3.63, 3.8) is 0 Å². The van der Waals surface area contributed by atoms with Gasteiger partial charge in [-0.2, -0.15) is 0 Å². The van der Waals surface area contributed by atoms with E-state index in [1.165, 1.54) is 11.1 Å². The van der Waals surface area contributed by atoms with Crippen molar-refractivity contribution in [3.05, 3.63) is 75.3 Å². The SMILES string of the molecule is CCC(c1nc2c(C)cccc2c(=O)n1CCN1CCOCC1)N1CCN(Cc2ccc(C)cc2)CCC1C(C)C. The van der Waals surface area contributed by atoms with E-state index in [4.69, 9.17) is 9.72 Å². The van der Waals surface area contributed by atoms with Gasteiger partial charge in [-0.3, -0.25) is 24.1 Å². The molecule has 0 radical (unpaired) electrons. The smallest absolute Gasteiger partial charge is 0.261 e. The number of hydrogen-bond acceptors (Lipinski definition) is 6. The lowest BCUT2D eigenvalue weighted by Gasteiger charge is -2.39. The monoisotopic (exact) mass is 559 g/mol. The van der Waals surface area contributed by atoms with E-state index in [0.29, 0.717) is 18.5 Å². The Labute approximate surface area is 246 Å². The van der Waals surface area contributed by atoms with Crippen molar-refractivity contribution >= 4 is 10.9 Å². The number of ether oxygens (including phenoxy) is 1. The predicted molar refractivity (Wildman–Crippen MR) is 167 cm³/mol. The molecule has 0 amide bonds. The zero-order valence-electron chi connectivity index (χ0n) is 25.8. The molecule has 0 saturated carbocycles. The van der Waals surface area contributed by atoms with Crippen molar-refractivity contribution in [2.45, 2.75) is 72.6 Å². The third kappa shape index (κ3) is 6.91. The molecule has 5 rings (SSSR count). The minimum atomic E-state index is 0.0862. The molecule has 2 aliphatic heterocycles. The molecule has 0 N–H and O–H groups in total. The van der Waals surface area contributed by atoms with Crippen LogP contribution >= 0.6 is 0 Å². The lowest BCUT2D eigenvalue weighted by atomic mass is 9.96. The third-order valence-electron chi connectivity index (χ3n) is 9.18. The maximum absolute atomic E-state index is 14.1. The summed E-state index contributed by atoms with van der Waals surface area (Å²) in [6.45, 7) is 20.1. The Hall–Kier alpha value is -2.58. The van der Waals surface area contributed by atoms with E-state index in [0.717, 1.165) is 94.2 Å². The predicted octanol–water partition coefficient (Wildman–Crippen LogP) is 5.03. The van der Waals surface area contributed by atoms with Crippen LogP contribution in [0, 0.1) is 19.8 Å². The van der Waals surface area contributed by atoms with E-state index >= 15 is 0 Å². The third-order valence-corrected chi connectivity index (χ3v) is 9.18. The van der Waals surface area contributed by atoms with Gasteiger partial charge in [0.15, 0.2) is 0 Å². The number of fused-ring (bicyclic) bond motifs is 1. The number of hydrogen-bond donors (Lipinski definition) is 0. The van der Waals surface area contributed by atoms with Gasteiger partial charge in [0.25, 0.3) is 5.56 Å². The van der Waals surface area contributed by atoms with Crippen molar-refractivity contribution in [1.82, 2.24) is 24.3 Å². The zero-order chi connectivity index (χ0) is 28.9. The van der Waals surface area contributed by atoms with Gasteiger partial charge in [-0.15, -0.1) is 0 Å². The Balaban J connectivity index is 1.48. The second-order valence-corrected chi connectivity index (χ2v) is 12.4. The molecule has 3 heterocycles. The second kappa shape index (κ2) is 13.6. The first-order valence-corrected chi connectivity index (χ1v) is 15.7. The summed E-state index contributed by atoms with van der Waals surface area (Å²) in [6.07, 6.45) is 2.03. The number of aromatic nitrogens is 2. The number of para-hydroxylation sites is 1. The van der Waals surface area contributed by atoms with Crippen LogP contribution in [0.25, 0.3) is 10.9 Å². The van der Waals surface area contributed by atoms with Gasteiger partial charge >= 0.3 is 0 Å². The Bertz CT molecular complexity index is 1350. The highest BCUT2D eigenvalue weighted by Gasteiger charge is 2.34. The van der Waals surface area contributed by atoms with Gasteiger partial charge in [0.1, 0.15) is 5.82 Å². The molecule has 2 fully saturated rings. The molecule has 0 spiro atoms. The van der Waals surface area contributed by atoms with E-state index < -0.39 is 0 Å². The summed E-state index contributed by atoms with van der Waals surface area (Å²) in [5.41, 5.74) is 4.69. The van der Waals surface area contributed by atoms with Crippen molar-refractivity contribution in [2.24, 2.45) is 5.92 Å². The van der Waals surface area contributed by atoms with Crippen molar-refractivity contribution in [1.29, 1.82) is 0 Å². The summed E-state index contributed by atoms with van der Waals surface area (Å²) in [5.74, 6) is 1.45. The van der Waals surface area contributed by atoms with Gasteiger partial charge in [-0.05, 0) is 49.8 Å². The van der Waals surface area contributed by atoms with Gasteiger partial charge < -0.3 is 4.74 Å². The van der Waals surface area contributed by atoms with Crippen LogP contribution in [0.1, 0.15) is 62.2 Å². The molecule has 0 aliphatic carbocycles. The van der Waals surface area contributed by atoms with E-state index in [1.807, 2.05) is 16.7 Å². The highest BCUT2D eigenvalue weighted by molar-refractivity contribution is 5.80. The standard InChI is InChI=1S/C34H49N5O2/c1-6-30(38-18-17-37(15-14-31(38)25(2)3)24-28-12-10-26(4)11-13-28)33-35-32-27(5)8-7-9-29(32)34(40)39(33)19-16-36-20-22-41-23-21-36/h7-13,25,30-31H,6,14-24H2,1-5H3. The maximum atomic E-state index is 14.1. The van der Waals surface area contributed by atoms with Crippen LogP contribution in [-0.2, 0) is 17.8 Å². The average molecular weight is 560 g/mol. The van der Waals surface area contributed by atoms with Crippen LogP contribution in [0.4, 0.5) is 0 Å². The molecule has 2 saturated heterocycles. The minimum Gasteiger partial charge on any atom is -0.379 e. The summed E-state index contributed by atoms with van der Waals surface area (Å²) in [5, 5.41) is 0.728. The van der Waals surface area contributed by atoms with Gasteiger partial charge in [0.05, 0.1) is 30.2 Å². The molecule has 7 nitrogen and oxygen atoms in total. The quantitative estimate of drug-likeness (QED) is 0.367. The Kier molecular flexibility index (Phi) is 9.91. The largest absolute Gasteiger partial charge is 0.379 e. The fraction of sp³-hybridized carbons (Fsp3) is 0.588. The second-order valence-electron chi connectivity index (χ2n) is 12.4. The number of morpholine rings is 1. The van der Waals surface area contributed by atoms with Crippen LogP contribution < -0.4 is 5.56 Å². The Morgan fingerprint density at radius 1 is 0.927 bits per heavy atom. The fourth-order valence-corrected chi connectivity index (χ4v) is 6.73. The first-order valence-electron chi connectivity index (χ1n) is 15.7. The Morgan fingerprint density at radius 3 is 2.39 bits per heavy atom. The summed E-state index contributed by atoms with van der Waals surface area (Å²) in [4.78, 5) is 27.1. The molecule has 41 heavy (non-hydrogen) atoms. The lowest BCUT2D eigenvalue weighted by Crippen LogP contribution is -2.45. The normalized spacial score (nSPS) is 20.5. The molecule has 0 bridgehead atoms. The van der Waals surface area contributed by atoms with Gasteiger partial charge in [-0.1, -0.05) is 62.7 Å². The zero-order valence-corrected chi connectivity index (χ0v) is 25.8. The molecular weight excluding hydrogens is 510 g/mol. The lowest BCUT2D eigenvalue weighted by molar-refractivity contribution is 0.0356. The van der Waals surface area contributed by atoms with Crippen LogP contribution in [0.2, 0.25) is 0 Å².